The van der Waals surface area contributed by atoms with Crippen LogP contribution in [0.3, 0.4) is 0 Å². The zero-order valence-electron chi connectivity index (χ0n) is 17.0. The number of aliphatic imine (C=N–C) groups is 1. The lowest BCUT2D eigenvalue weighted by molar-refractivity contribution is -0.143. The minimum absolute atomic E-state index is 0. The number of halogens is 4. The molecule has 2 heterocycles. The van der Waals surface area contributed by atoms with Crippen LogP contribution >= 0.6 is 24.0 Å². The highest BCUT2D eigenvalue weighted by atomic mass is 127. The molecule has 1 amide bonds. The lowest BCUT2D eigenvalue weighted by Gasteiger charge is -2.30. The number of unbranched alkanes of at least 4 members (excludes halogenated alkanes) is 1. The monoisotopic (exact) mass is 534 g/mol. The van der Waals surface area contributed by atoms with Gasteiger partial charge in [-0.3, -0.25) is 14.7 Å². The molecule has 2 rings (SSSR count). The fourth-order valence-corrected chi connectivity index (χ4v) is 3.84. The Morgan fingerprint density at radius 2 is 1.79 bits per heavy atom. The molecule has 0 saturated carbocycles. The van der Waals surface area contributed by atoms with E-state index in [2.05, 4.69) is 20.5 Å². The van der Waals surface area contributed by atoms with Gasteiger partial charge in [-0.2, -0.15) is 13.2 Å². The van der Waals surface area contributed by atoms with Crippen LogP contribution in [0, 0.1) is 5.92 Å². The molecule has 7 nitrogen and oxygen atoms in total. The summed E-state index contributed by atoms with van der Waals surface area (Å²) in [6, 6.07) is -0.0138. The second kappa shape index (κ2) is 12.8. The van der Waals surface area contributed by atoms with Crippen molar-refractivity contribution < 1.29 is 18.0 Å². The topological polar surface area (TPSA) is 86.0 Å². The number of hydrogen-bond acceptors (Lipinski definition) is 4. The van der Waals surface area contributed by atoms with E-state index in [1.165, 1.54) is 4.90 Å². The SMILES string of the molecule is CN=C(NCCCCN1CCC(C(N)=O)CC1)NC1CCN(CC(F)(F)F)C1.I. The number of carbonyl (C=O) groups excluding carboxylic acids is 1. The Hall–Kier alpha value is -0.820. The Balaban J connectivity index is 0.00000420. The van der Waals surface area contributed by atoms with Gasteiger partial charge in [0, 0.05) is 38.6 Å². The summed E-state index contributed by atoms with van der Waals surface area (Å²) in [5.74, 6) is 0.475. The highest BCUT2D eigenvalue weighted by Crippen LogP contribution is 2.20. The first-order valence-electron chi connectivity index (χ1n) is 10.0. The maximum Gasteiger partial charge on any atom is 0.401 e. The predicted octanol–water partition coefficient (Wildman–Crippen LogP) is 1.38. The summed E-state index contributed by atoms with van der Waals surface area (Å²) < 4.78 is 37.4. The second-order valence-electron chi connectivity index (χ2n) is 7.70. The van der Waals surface area contributed by atoms with Gasteiger partial charge < -0.3 is 21.3 Å². The summed E-state index contributed by atoms with van der Waals surface area (Å²) in [7, 11) is 1.67. The largest absolute Gasteiger partial charge is 0.401 e. The normalized spacial score (nSPS) is 22.3. The second-order valence-corrected chi connectivity index (χ2v) is 7.70. The van der Waals surface area contributed by atoms with Gasteiger partial charge in [-0.15, -0.1) is 24.0 Å². The average Bonchev–Trinajstić information content (AvgIpc) is 3.05. The molecule has 2 aliphatic rings. The quantitative estimate of drug-likeness (QED) is 0.190. The lowest BCUT2D eigenvalue weighted by atomic mass is 9.96. The number of nitrogens with zero attached hydrogens (tertiary/aromatic N) is 3. The van der Waals surface area contributed by atoms with Gasteiger partial charge in [0.1, 0.15) is 0 Å². The maximum absolute atomic E-state index is 12.5. The van der Waals surface area contributed by atoms with Crippen molar-refractivity contribution >= 4 is 35.8 Å². The van der Waals surface area contributed by atoms with Gasteiger partial charge in [-0.05, 0) is 51.7 Å². The van der Waals surface area contributed by atoms with Gasteiger partial charge in [0.25, 0.3) is 0 Å². The van der Waals surface area contributed by atoms with Crippen LogP contribution in [-0.2, 0) is 4.79 Å². The zero-order valence-corrected chi connectivity index (χ0v) is 19.3. The van der Waals surface area contributed by atoms with Crippen molar-refractivity contribution in [3.05, 3.63) is 0 Å². The van der Waals surface area contributed by atoms with Gasteiger partial charge in [0.05, 0.1) is 6.54 Å². The molecule has 0 aliphatic carbocycles. The number of likely N-dealkylation sites (tertiary alicyclic amines) is 2. The maximum atomic E-state index is 12.5. The molecule has 0 radical (unpaired) electrons. The Morgan fingerprint density at radius 3 is 2.38 bits per heavy atom. The summed E-state index contributed by atoms with van der Waals surface area (Å²) >= 11 is 0. The van der Waals surface area contributed by atoms with E-state index in [4.69, 9.17) is 5.73 Å². The standard InChI is InChI=1S/C18H33F3N6O.HI/c1-23-17(25-15-6-11-27(12-15)13-18(19,20)21)24-7-2-3-8-26-9-4-14(5-10-26)16(22)28;/h14-15H,2-13H2,1H3,(H2,22,28)(H2,23,24,25);1H. The average molecular weight is 534 g/mol. The smallest absolute Gasteiger partial charge is 0.369 e. The third kappa shape index (κ3) is 10.2. The van der Waals surface area contributed by atoms with Crippen LogP contribution < -0.4 is 16.4 Å². The Morgan fingerprint density at radius 1 is 1.14 bits per heavy atom. The Kier molecular flexibility index (Phi) is 11.6. The fourth-order valence-electron chi connectivity index (χ4n) is 3.84. The summed E-state index contributed by atoms with van der Waals surface area (Å²) in [4.78, 5) is 19.1. The van der Waals surface area contributed by atoms with Crippen LogP contribution in [0.2, 0.25) is 0 Å². The van der Waals surface area contributed by atoms with Crippen molar-refractivity contribution in [3.63, 3.8) is 0 Å². The molecule has 2 saturated heterocycles. The summed E-state index contributed by atoms with van der Waals surface area (Å²) in [5.41, 5.74) is 5.35. The number of nitrogens with one attached hydrogen (secondary N) is 2. The molecule has 1 atom stereocenters. The van der Waals surface area contributed by atoms with E-state index in [1.807, 2.05) is 0 Å². The van der Waals surface area contributed by atoms with Crippen molar-refractivity contribution in [3.8, 4) is 0 Å². The molecule has 11 heteroatoms. The first kappa shape index (κ1) is 26.2. The number of alkyl halides is 3. The number of amides is 1. The fraction of sp³-hybridized carbons (Fsp3) is 0.889. The van der Waals surface area contributed by atoms with Crippen LogP contribution in [0.15, 0.2) is 4.99 Å². The molecule has 29 heavy (non-hydrogen) atoms. The van der Waals surface area contributed by atoms with Gasteiger partial charge in [-0.1, -0.05) is 0 Å². The number of nitrogens with two attached hydrogens (primary N) is 1. The van der Waals surface area contributed by atoms with E-state index in [1.54, 1.807) is 7.05 Å². The molecule has 0 bridgehead atoms. The number of piperidine rings is 1. The van der Waals surface area contributed by atoms with E-state index in [9.17, 15) is 18.0 Å². The van der Waals surface area contributed by atoms with Crippen LogP contribution in [-0.4, -0.2) is 86.7 Å². The zero-order chi connectivity index (χ0) is 20.6. The van der Waals surface area contributed by atoms with Crippen LogP contribution in [0.1, 0.15) is 32.1 Å². The van der Waals surface area contributed by atoms with E-state index >= 15 is 0 Å². The Labute approximate surface area is 188 Å². The highest BCUT2D eigenvalue weighted by molar-refractivity contribution is 14.0. The molecule has 2 fully saturated rings. The molecule has 0 aromatic rings. The number of guanidine groups is 1. The number of primary amides is 1. The van der Waals surface area contributed by atoms with E-state index in [0.29, 0.717) is 25.5 Å². The third-order valence-corrected chi connectivity index (χ3v) is 5.42. The van der Waals surface area contributed by atoms with Crippen molar-refractivity contribution in [2.24, 2.45) is 16.6 Å². The van der Waals surface area contributed by atoms with E-state index in [0.717, 1.165) is 51.9 Å². The molecule has 2 aliphatic heterocycles. The van der Waals surface area contributed by atoms with Gasteiger partial charge >= 0.3 is 6.18 Å². The molecule has 1 unspecified atom stereocenters. The summed E-state index contributed by atoms with van der Waals surface area (Å²) in [5, 5.41) is 6.45. The molecule has 0 spiro atoms. The van der Waals surface area contributed by atoms with Crippen molar-refractivity contribution in [1.29, 1.82) is 0 Å². The van der Waals surface area contributed by atoms with E-state index in [-0.39, 0.29) is 41.8 Å². The van der Waals surface area contributed by atoms with Crippen molar-refractivity contribution in [2.45, 2.75) is 44.3 Å². The molecule has 0 aromatic heterocycles. The summed E-state index contributed by atoms with van der Waals surface area (Å²) in [6.07, 6.45) is 0.227. The lowest BCUT2D eigenvalue weighted by Crippen LogP contribution is -2.45. The number of carbonyl (C=O) groups is 1. The van der Waals surface area contributed by atoms with Crippen molar-refractivity contribution in [2.75, 3.05) is 52.9 Å². The molecular weight excluding hydrogens is 500 g/mol. The third-order valence-electron chi connectivity index (χ3n) is 5.42. The molecule has 170 valence electrons. The minimum Gasteiger partial charge on any atom is -0.369 e. The number of rotatable bonds is 8. The van der Waals surface area contributed by atoms with Gasteiger partial charge in [-0.25, -0.2) is 0 Å². The van der Waals surface area contributed by atoms with Crippen LogP contribution in [0.4, 0.5) is 13.2 Å². The van der Waals surface area contributed by atoms with Crippen LogP contribution in [0.25, 0.3) is 0 Å². The molecular formula is C18H34F3IN6O. The van der Waals surface area contributed by atoms with E-state index < -0.39 is 12.7 Å². The van der Waals surface area contributed by atoms with Crippen molar-refractivity contribution in [1.82, 2.24) is 20.4 Å². The Bertz CT molecular complexity index is 526. The summed E-state index contributed by atoms with van der Waals surface area (Å²) in [6.45, 7) is 3.56. The minimum atomic E-state index is -4.15. The first-order chi connectivity index (χ1) is 13.3. The molecule has 0 aromatic carbocycles. The van der Waals surface area contributed by atoms with Gasteiger partial charge in [0.2, 0.25) is 5.91 Å². The highest BCUT2D eigenvalue weighted by Gasteiger charge is 2.34. The number of hydrogen-bond donors (Lipinski definition) is 3. The first-order valence-corrected chi connectivity index (χ1v) is 10.0. The predicted molar refractivity (Wildman–Crippen MR) is 118 cm³/mol. The van der Waals surface area contributed by atoms with Gasteiger partial charge in [0.15, 0.2) is 5.96 Å². The molecule has 4 N–H and O–H groups in total. The van der Waals surface area contributed by atoms with Crippen LogP contribution in [0.5, 0.6) is 0 Å².